The van der Waals surface area contributed by atoms with Gasteiger partial charge in [-0.05, 0) is 44.5 Å². The number of benzene rings is 1. The molecule has 0 aliphatic carbocycles. The maximum Gasteiger partial charge on any atom is 0.259 e. The average Bonchev–Trinajstić information content (AvgIpc) is 3.38. The number of hydrogen-bond donors (Lipinski definition) is 1. The number of pyridine rings is 1. The van der Waals surface area contributed by atoms with Gasteiger partial charge < -0.3 is 23.8 Å². The molecule has 4 rings (SSSR count). The molecule has 0 aliphatic heterocycles. The summed E-state index contributed by atoms with van der Waals surface area (Å²) in [6, 6.07) is 9.68. The average molecular weight is 406 g/mol. The Morgan fingerprint density at radius 3 is 2.83 bits per heavy atom. The lowest BCUT2D eigenvalue weighted by molar-refractivity contribution is -0.107. The van der Waals surface area contributed by atoms with Crippen molar-refractivity contribution in [3.05, 3.63) is 42.2 Å². The van der Waals surface area contributed by atoms with E-state index >= 15 is 0 Å². The molecular formula is C22H22N4O4. The predicted molar refractivity (Wildman–Crippen MR) is 112 cm³/mol. The molecule has 0 amide bonds. The van der Waals surface area contributed by atoms with Crippen LogP contribution in [-0.2, 0) is 11.2 Å². The zero-order chi connectivity index (χ0) is 21.1. The van der Waals surface area contributed by atoms with E-state index in [1.807, 2.05) is 38.1 Å². The molecule has 0 saturated heterocycles. The Morgan fingerprint density at radius 2 is 2.07 bits per heavy atom. The van der Waals surface area contributed by atoms with Crippen molar-refractivity contribution in [2.75, 3.05) is 7.11 Å². The first-order chi connectivity index (χ1) is 14.6. The van der Waals surface area contributed by atoms with Gasteiger partial charge >= 0.3 is 0 Å². The van der Waals surface area contributed by atoms with Crippen LogP contribution < -0.4 is 9.47 Å². The van der Waals surface area contributed by atoms with Gasteiger partial charge in [0.2, 0.25) is 5.82 Å². The molecule has 0 spiro atoms. The summed E-state index contributed by atoms with van der Waals surface area (Å²) in [6.45, 7) is 3.85. The van der Waals surface area contributed by atoms with Gasteiger partial charge in [-0.3, -0.25) is 0 Å². The highest BCUT2D eigenvalue weighted by molar-refractivity contribution is 5.85. The smallest absolute Gasteiger partial charge is 0.259 e. The SMILES string of the molecule is COc1cc(-c2nc(-c3ccc4[nH]c(CCC=O)cc4c3)no2)cnc1OC(C)C. The van der Waals surface area contributed by atoms with Crippen molar-refractivity contribution in [1.82, 2.24) is 20.1 Å². The fourth-order valence-electron chi connectivity index (χ4n) is 3.15. The minimum absolute atomic E-state index is 0.0189. The molecule has 3 aromatic heterocycles. The summed E-state index contributed by atoms with van der Waals surface area (Å²) in [5.41, 5.74) is 3.49. The number of aromatic nitrogens is 4. The first kappa shape index (κ1) is 19.6. The van der Waals surface area contributed by atoms with Crippen LogP contribution in [0.5, 0.6) is 11.6 Å². The van der Waals surface area contributed by atoms with Gasteiger partial charge in [0, 0.05) is 40.8 Å². The Morgan fingerprint density at radius 1 is 1.20 bits per heavy atom. The van der Waals surface area contributed by atoms with E-state index in [2.05, 4.69) is 20.1 Å². The monoisotopic (exact) mass is 406 g/mol. The summed E-state index contributed by atoms with van der Waals surface area (Å²) in [5.74, 6) is 1.73. The van der Waals surface area contributed by atoms with Crippen LogP contribution >= 0.6 is 0 Å². The van der Waals surface area contributed by atoms with Crippen LogP contribution in [0.3, 0.4) is 0 Å². The number of aldehydes is 1. The molecule has 3 heterocycles. The van der Waals surface area contributed by atoms with Crippen LogP contribution in [0.25, 0.3) is 33.7 Å². The van der Waals surface area contributed by atoms with Crippen molar-refractivity contribution in [1.29, 1.82) is 0 Å². The van der Waals surface area contributed by atoms with E-state index in [1.54, 1.807) is 19.4 Å². The largest absolute Gasteiger partial charge is 0.491 e. The van der Waals surface area contributed by atoms with Crippen LogP contribution in [-0.4, -0.2) is 39.6 Å². The highest BCUT2D eigenvalue weighted by atomic mass is 16.5. The summed E-state index contributed by atoms with van der Waals surface area (Å²) in [4.78, 5) is 22.7. The van der Waals surface area contributed by atoms with Crippen LogP contribution in [0.1, 0.15) is 26.0 Å². The van der Waals surface area contributed by atoms with E-state index < -0.39 is 0 Å². The molecule has 154 valence electrons. The summed E-state index contributed by atoms with van der Waals surface area (Å²) in [5, 5.41) is 5.14. The number of methoxy groups -OCH3 is 1. The molecule has 0 radical (unpaired) electrons. The maximum absolute atomic E-state index is 10.6. The van der Waals surface area contributed by atoms with Crippen LogP contribution in [0, 0.1) is 0 Å². The molecule has 0 bridgehead atoms. The number of carbonyl (C=O) groups is 1. The Balaban J connectivity index is 1.61. The number of aromatic amines is 1. The maximum atomic E-state index is 10.6. The molecule has 0 aliphatic rings. The van der Waals surface area contributed by atoms with Gasteiger partial charge in [-0.2, -0.15) is 4.98 Å². The molecule has 8 nitrogen and oxygen atoms in total. The second-order valence-electron chi connectivity index (χ2n) is 7.12. The molecule has 0 unspecified atom stereocenters. The first-order valence-electron chi connectivity index (χ1n) is 9.68. The third kappa shape index (κ3) is 4.03. The number of rotatable bonds is 8. The Labute approximate surface area is 173 Å². The number of nitrogens with one attached hydrogen (secondary N) is 1. The third-order valence-electron chi connectivity index (χ3n) is 4.52. The zero-order valence-electron chi connectivity index (χ0n) is 17.0. The molecule has 0 fully saturated rings. The standard InChI is InChI=1S/C22H22N4O4/c1-13(2)29-22-19(28-3)11-16(12-23-22)21-25-20(26-30-21)14-6-7-18-15(9-14)10-17(24-18)5-4-8-27/h6-13,24H,4-5H2,1-3H3. The molecule has 30 heavy (non-hydrogen) atoms. The summed E-state index contributed by atoms with van der Waals surface area (Å²) < 4.78 is 16.5. The van der Waals surface area contributed by atoms with E-state index in [0.29, 0.717) is 41.7 Å². The quantitative estimate of drug-likeness (QED) is 0.437. The Hall–Kier alpha value is -3.68. The number of hydrogen-bond acceptors (Lipinski definition) is 7. The molecule has 0 saturated carbocycles. The number of H-pyrrole nitrogens is 1. The third-order valence-corrected chi connectivity index (χ3v) is 4.52. The molecule has 1 N–H and O–H groups in total. The fourth-order valence-corrected chi connectivity index (χ4v) is 3.15. The van der Waals surface area contributed by atoms with Crippen LogP contribution in [0.15, 0.2) is 41.1 Å². The lowest BCUT2D eigenvalue weighted by atomic mass is 10.1. The molecule has 0 atom stereocenters. The Kier molecular flexibility index (Phi) is 5.47. The van der Waals surface area contributed by atoms with Crippen LogP contribution in [0.2, 0.25) is 0 Å². The zero-order valence-corrected chi connectivity index (χ0v) is 17.0. The number of carbonyl (C=O) groups excluding carboxylic acids is 1. The molecule has 4 aromatic rings. The summed E-state index contributed by atoms with van der Waals surface area (Å²) in [6.07, 6.45) is 3.70. The predicted octanol–water partition coefficient (Wildman–Crippen LogP) is 4.21. The Bertz CT molecular complexity index is 1180. The van der Waals surface area contributed by atoms with E-state index in [0.717, 1.165) is 28.4 Å². The lowest BCUT2D eigenvalue weighted by Crippen LogP contribution is -2.08. The minimum Gasteiger partial charge on any atom is -0.491 e. The number of fused-ring (bicyclic) bond motifs is 1. The van der Waals surface area contributed by atoms with Gasteiger partial charge in [-0.15, -0.1) is 0 Å². The van der Waals surface area contributed by atoms with Gasteiger partial charge in [0.15, 0.2) is 5.75 Å². The van der Waals surface area contributed by atoms with E-state index in [-0.39, 0.29) is 6.10 Å². The van der Waals surface area contributed by atoms with E-state index in [9.17, 15) is 4.79 Å². The van der Waals surface area contributed by atoms with Crippen molar-refractivity contribution in [3.63, 3.8) is 0 Å². The van der Waals surface area contributed by atoms with Crippen molar-refractivity contribution in [3.8, 4) is 34.5 Å². The molecule has 8 heteroatoms. The summed E-state index contributed by atoms with van der Waals surface area (Å²) in [7, 11) is 1.56. The van der Waals surface area contributed by atoms with Gasteiger partial charge in [0.05, 0.1) is 18.8 Å². The number of nitrogens with zero attached hydrogens (tertiary/aromatic N) is 3. The van der Waals surface area contributed by atoms with E-state index in [4.69, 9.17) is 14.0 Å². The normalized spacial score (nSPS) is 11.2. The number of ether oxygens (including phenoxy) is 2. The van der Waals surface area contributed by atoms with Crippen molar-refractivity contribution < 1.29 is 18.8 Å². The second kappa shape index (κ2) is 8.36. The van der Waals surface area contributed by atoms with Crippen LogP contribution in [0.4, 0.5) is 0 Å². The second-order valence-corrected chi connectivity index (χ2v) is 7.12. The molecule has 1 aromatic carbocycles. The summed E-state index contributed by atoms with van der Waals surface area (Å²) >= 11 is 0. The fraction of sp³-hybridized carbons (Fsp3) is 0.273. The first-order valence-corrected chi connectivity index (χ1v) is 9.68. The van der Waals surface area contributed by atoms with E-state index in [1.165, 1.54) is 0 Å². The van der Waals surface area contributed by atoms with Crippen molar-refractivity contribution in [2.45, 2.75) is 32.8 Å². The van der Waals surface area contributed by atoms with Gasteiger partial charge in [-0.1, -0.05) is 5.16 Å². The number of aryl methyl sites for hydroxylation is 1. The minimum atomic E-state index is -0.0189. The van der Waals surface area contributed by atoms with Crippen molar-refractivity contribution >= 4 is 17.2 Å². The highest BCUT2D eigenvalue weighted by Gasteiger charge is 2.16. The van der Waals surface area contributed by atoms with Crippen molar-refractivity contribution in [2.24, 2.45) is 0 Å². The highest BCUT2D eigenvalue weighted by Crippen LogP contribution is 2.31. The van der Waals surface area contributed by atoms with Gasteiger partial charge in [0.25, 0.3) is 11.8 Å². The topological polar surface area (TPSA) is 103 Å². The lowest BCUT2D eigenvalue weighted by Gasteiger charge is -2.12. The molecular weight excluding hydrogens is 384 g/mol. The van der Waals surface area contributed by atoms with Gasteiger partial charge in [-0.25, -0.2) is 4.98 Å². The van der Waals surface area contributed by atoms with Gasteiger partial charge in [0.1, 0.15) is 6.29 Å².